The molecule has 0 radical (unpaired) electrons. The summed E-state index contributed by atoms with van der Waals surface area (Å²) < 4.78 is 5.84. The molecule has 0 heterocycles. The van der Waals surface area contributed by atoms with Crippen molar-refractivity contribution in [2.24, 2.45) is 5.73 Å². The second-order valence-electron chi connectivity index (χ2n) is 6.38. The summed E-state index contributed by atoms with van der Waals surface area (Å²) in [5, 5.41) is 0. The van der Waals surface area contributed by atoms with Crippen LogP contribution in [0.2, 0.25) is 0 Å². The number of rotatable bonds is 6. The third kappa shape index (κ3) is 4.24. The average Bonchev–Trinajstić information content (AvgIpc) is 2.62. The van der Waals surface area contributed by atoms with Gasteiger partial charge in [-0.15, -0.1) is 0 Å². The van der Waals surface area contributed by atoms with Gasteiger partial charge in [-0.2, -0.15) is 0 Å². The van der Waals surface area contributed by atoms with E-state index in [4.69, 9.17) is 10.5 Å². The molecule has 0 aromatic heterocycles. The maximum atomic E-state index is 6.54. The zero-order chi connectivity index (χ0) is 16.8. The zero-order valence-electron chi connectivity index (χ0n) is 14.0. The molecule has 24 heavy (non-hydrogen) atoms. The van der Waals surface area contributed by atoms with E-state index < -0.39 is 5.54 Å². The Labute approximate surface area is 143 Å². The molecule has 0 aliphatic rings. The van der Waals surface area contributed by atoms with Gasteiger partial charge in [0, 0.05) is 5.54 Å². The topological polar surface area (TPSA) is 35.2 Å². The number of ether oxygens (including phenoxy) is 1. The minimum Gasteiger partial charge on any atom is -0.489 e. The predicted molar refractivity (Wildman–Crippen MR) is 98.9 cm³/mol. The fourth-order valence-corrected chi connectivity index (χ4v) is 2.79. The molecule has 0 saturated carbocycles. The van der Waals surface area contributed by atoms with E-state index in [2.05, 4.69) is 43.3 Å². The van der Waals surface area contributed by atoms with Gasteiger partial charge >= 0.3 is 0 Å². The molecule has 0 saturated heterocycles. The first kappa shape index (κ1) is 16.3. The number of hydrogen-bond acceptors (Lipinski definition) is 2. The molecule has 3 aromatic rings. The van der Waals surface area contributed by atoms with Gasteiger partial charge < -0.3 is 10.5 Å². The summed E-state index contributed by atoms with van der Waals surface area (Å²) in [7, 11) is 0. The molecule has 0 fully saturated rings. The Morgan fingerprint density at radius 2 is 1.29 bits per heavy atom. The lowest BCUT2D eigenvalue weighted by Gasteiger charge is -2.25. The highest BCUT2D eigenvalue weighted by molar-refractivity contribution is 5.33. The lowest BCUT2D eigenvalue weighted by Crippen LogP contribution is -2.35. The quantitative estimate of drug-likeness (QED) is 0.716. The van der Waals surface area contributed by atoms with E-state index in [-0.39, 0.29) is 0 Å². The SMILES string of the molecule is CC(N)(Cc1ccccc1)c1ccc(OCc2ccccc2)cc1. The van der Waals surface area contributed by atoms with Crippen molar-refractivity contribution in [3.63, 3.8) is 0 Å². The lowest BCUT2D eigenvalue weighted by atomic mass is 9.86. The Kier molecular flexibility index (Phi) is 4.97. The Morgan fingerprint density at radius 3 is 1.88 bits per heavy atom. The van der Waals surface area contributed by atoms with E-state index in [1.54, 1.807) is 0 Å². The predicted octanol–water partition coefficient (Wildman–Crippen LogP) is 4.68. The van der Waals surface area contributed by atoms with Gasteiger partial charge in [0.15, 0.2) is 0 Å². The van der Waals surface area contributed by atoms with Gasteiger partial charge in [-0.1, -0.05) is 72.8 Å². The maximum absolute atomic E-state index is 6.54. The third-order valence-electron chi connectivity index (χ3n) is 4.18. The van der Waals surface area contributed by atoms with Crippen LogP contribution in [0, 0.1) is 0 Å². The fourth-order valence-electron chi connectivity index (χ4n) is 2.79. The van der Waals surface area contributed by atoms with Crippen LogP contribution in [0.15, 0.2) is 84.9 Å². The zero-order valence-corrected chi connectivity index (χ0v) is 14.0. The van der Waals surface area contributed by atoms with Crippen LogP contribution in [0.4, 0.5) is 0 Å². The molecule has 2 N–H and O–H groups in total. The highest BCUT2D eigenvalue weighted by atomic mass is 16.5. The minimum absolute atomic E-state index is 0.403. The van der Waals surface area contributed by atoms with Crippen LogP contribution in [0.3, 0.4) is 0 Å². The van der Waals surface area contributed by atoms with Crippen molar-refractivity contribution in [2.45, 2.75) is 25.5 Å². The van der Waals surface area contributed by atoms with Crippen molar-refractivity contribution < 1.29 is 4.74 Å². The summed E-state index contributed by atoms with van der Waals surface area (Å²) in [5.41, 5.74) is 9.65. The van der Waals surface area contributed by atoms with Gasteiger partial charge in [0.1, 0.15) is 12.4 Å². The minimum atomic E-state index is -0.403. The first-order valence-corrected chi connectivity index (χ1v) is 8.23. The third-order valence-corrected chi connectivity index (χ3v) is 4.18. The first-order chi connectivity index (χ1) is 11.6. The van der Waals surface area contributed by atoms with Gasteiger partial charge in [0.25, 0.3) is 0 Å². The Hall–Kier alpha value is -2.58. The van der Waals surface area contributed by atoms with Crippen molar-refractivity contribution in [2.75, 3.05) is 0 Å². The highest BCUT2D eigenvalue weighted by Gasteiger charge is 2.21. The Bertz CT molecular complexity index is 749. The van der Waals surface area contributed by atoms with E-state index in [9.17, 15) is 0 Å². The second-order valence-corrected chi connectivity index (χ2v) is 6.38. The van der Waals surface area contributed by atoms with E-state index in [1.165, 1.54) is 5.56 Å². The van der Waals surface area contributed by atoms with Crippen LogP contribution in [-0.2, 0) is 18.6 Å². The van der Waals surface area contributed by atoms with Gasteiger partial charge in [-0.25, -0.2) is 0 Å². The Balaban J connectivity index is 1.65. The standard InChI is InChI=1S/C22H23NO/c1-22(23,16-18-8-4-2-5-9-18)20-12-14-21(15-13-20)24-17-19-10-6-3-7-11-19/h2-15H,16-17,23H2,1H3. The second kappa shape index (κ2) is 7.33. The molecule has 122 valence electrons. The van der Waals surface area contributed by atoms with Crippen molar-refractivity contribution in [1.29, 1.82) is 0 Å². The molecule has 3 aromatic carbocycles. The molecule has 0 spiro atoms. The van der Waals surface area contributed by atoms with E-state index in [0.717, 1.165) is 23.3 Å². The fraction of sp³-hybridized carbons (Fsp3) is 0.182. The largest absolute Gasteiger partial charge is 0.489 e. The van der Waals surface area contributed by atoms with Crippen LogP contribution in [0.25, 0.3) is 0 Å². The number of benzene rings is 3. The van der Waals surface area contributed by atoms with Gasteiger partial charge in [0.05, 0.1) is 0 Å². The molecule has 0 bridgehead atoms. The van der Waals surface area contributed by atoms with E-state index in [0.29, 0.717) is 6.61 Å². The summed E-state index contributed by atoms with van der Waals surface area (Å²) in [6.07, 6.45) is 0.804. The van der Waals surface area contributed by atoms with Crippen LogP contribution in [-0.4, -0.2) is 0 Å². The summed E-state index contributed by atoms with van der Waals surface area (Å²) in [4.78, 5) is 0. The first-order valence-electron chi connectivity index (χ1n) is 8.23. The number of hydrogen-bond donors (Lipinski definition) is 1. The maximum Gasteiger partial charge on any atom is 0.119 e. The van der Waals surface area contributed by atoms with Gasteiger partial charge in [-0.05, 0) is 42.2 Å². The molecule has 1 atom stereocenters. The molecule has 1 unspecified atom stereocenters. The van der Waals surface area contributed by atoms with E-state index >= 15 is 0 Å². The summed E-state index contributed by atoms with van der Waals surface area (Å²) in [5.74, 6) is 0.859. The molecule has 0 aliphatic heterocycles. The molecular formula is C22H23NO. The normalized spacial score (nSPS) is 13.2. The Morgan fingerprint density at radius 1 is 0.750 bits per heavy atom. The monoisotopic (exact) mass is 317 g/mol. The smallest absolute Gasteiger partial charge is 0.119 e. The molecule has 0 amide bonds. The number of nitrogens with two attached hydrogens (primary N) is 1. The van der Waals surface area contributed by atoms with Gasteiger partial charge in [0.2, 0.25) is 0 Å². The molecule has 3 rings (SSSR count). The van der Waals surface area contributed by atoms with Crippen molar-refractivity contribution >= 4 is 0 Å². The van der Waals surface area contributed by atoms with E-state index in [1.807, 2.05) is 48.5 Å². The van der Waals surface area contributed by atoms with Crippen LogP contribution < -0.4 is 10.5 Å². The molecule has 2 heteroatoms. The van der Waals surface area contributed by atoms with Crippen molar-refractivity contribution in [3.8, 4) is 5.75 Å². The lowest BCUT2D eigenvalue weighted by molar-refractivity contribution is 0.306. The van der Waals surface area contributed by atoms with Crippen LogP contribution >= 0.6 is 0 Å². The van der Waals surface area contributed by atoms with Crippen molar-refractivity contribution in [1.82, 2.24) is 0 Å². The summed E-state index contributed by atoms with van der Waals surface area (Å²) in [6, 6.07) is 28.6. The highest BCUT2D eigenvalue weighted by Crippen LogP contribution is 2.25. The summed E-state index contributed by atoms with van der Waals surface area (Å²) >= 11 is 0. The van der Waals surface area contributed by atoms with Gasteiger partial charge in [-0.3, -0.25) is 0 Å². The molecule has 0 aliphatic carbocycles. The van der Waals surface area contributed by atoms with Crippen LogP contribution in [0.1, 0.15) is 23.6 Å². The average molecular weight is 317 g/mol. The molecular weight excluding hydrogens is 294 g/mol. The van der Waals surface area contributed by atoms with Crippen molar-refractivity contribution in [3.05, 3.63) is 102 Å². The molecule has 2 nitrogen and oxygen atoms in total. The summed E-state index contributed by atoms with van der Waals surface area (Å²) in [6.45, 7) is 2.64. The van der Waals surface area contributed by atoms with Crippen LogP contribution in [0.5, 0.6) is 5.75 Å².